The highest BCUT2D eigenvalue weighted by atomic mass is 32.2. The summed E-state index contributed by atoms with van der Waals surface area (Å²) >= 11 is 1.27. The fourth-order valence-electron chi connectivity index (χ4n) is 1.87. The molecule has 1 aromatic heterocycles. The first-order chi connectivity index (χ1) is 9.95. The monoisotopic (exact) mass is 333 g/mol. The van der Waals surface area contributed by atoms with E-state index >= 15 is 0 Å². The lowest BCUT2D eigenvalue weighted by Gasteiger charge is -2.16. The van der Waals surface area contributed by atoms with Crippen LogP contribution in [0.1, 0.15) is 18.7 Å². The number of thiophene rings is 1. The van der Waals surface area contributed by atoms with E-state index in [-0.39, 0.29) is 12.5 Å². The number of hydrogen-bond acceptors (Lipinski definition) is 5. The van der Waals surface area contributed by atoms with Gasteiger partial charge in [0.1, 0.15) is 4.21 Å². The van der Waals surface area contributed by atoms with E-state index in [0.29, 0.717) is 30.3 Å². The van der Waals surface area contributed by atoms with Crippen molar-refractivity contribution in [2.75, 3.05) is 33.2 Å². The van der Waals surface area contributed by atoms with Crippen LogP contribution in [0.25, 0.3) is 0 Å². The molecule has 0 saturated carbocycles. The van der Waals surface area contributed by atoms with E-state index in [9.17, 15) is 13.2 Å². The average Bonchev–Trinajstić information content (AvgIpc) is 2.89. The first-order valence-corrected chi connectivity index (χ1v) is 9.21. The standard InChI is InChI=1S/C13H23N3O3S2/c1-4-16(5-2)21(18,19)13-7-6-11(20-13)8-9-15-12(17)10-14-3/h6-7,14H,4-5,8-10H2,1-3H3,(H,15,17). The van der Waals surface area contributed by atoms with E-state index in [4.69, 9.17) is 0 Å². The number of likely N-dealkylation sites (N-methyl/N-ethyl adjacent to an activating group) is 1. The lowest BCUT2D eigenvalue weighted by molar-refractivity contribution is -0.120. The van der Waals surface area contributed by atoms with Gasteiger partial charge in [-0.2, -0.15) is 4.31 Å². The van der Waals surface area contributed by atoms with Crippen LogP contribution in [0, 0.1) is 0 Å². The number of nitrogens with one attached hydrogen (secondary N) is 2. The molecule has 0 spiro atoms. The number of carbonyl (C=O) groups is 1. The summed E-state index contributed by atoms with van der Waals surface area (Å²) in [5, 5.41) is 5.54. The van der Waals surface area contributed by atoms with E-state index in [0.717, 1.165) is 4.88 Å². The maximum absolute atomic E-state index is 12.3. The third kappa shape index (κ3) is 5.06. The van der Waals surface area contributed by atoms with Gasteiger partial charge in [0.2, 0.25) is 5.91 Å². The third-order valence-corrected chi connectivity index (χ3v) is 6.63. The van der Waals surface area contributed by atoms with Crippen LogP contribution in [0.15, 0.2) is 16.3 Å². The van der Waals surface area contributed by atoms with Crippen molar-refractivity contribution in [2.45, 2.75) is 24.5 Å². The summed E-state index contributed by atoms with van der Waals surface area (Å²) in [6.45, 7) is 5.37. The summed E-state index contributed by atoms with van der Waals surface area (Å²) in [7, 11) is -1.66. The summed E-state index contributed by atoms with van der Waals surface area (Å²) < 4.78 is 26.5. The van der Waals surface area contributed by atoms with Crippen LogP contribution in [0.5, 0.6) is 0 Å². The molecular formula is C13H23N3O3S2. The SMILES string of the molecule is CCN(CC)S(=O)(=O)c1ccc(CCNC(=O)CNC)s1. The Morgan fingerprint density at radius 2 is 1.95 bits per heavy atom. The lowest BCUT2D eigenvalue weighted by Crippen LogP contribution is -2.33. The molecule has 1 amide bonds. The first kappa shape index (κ1) is 18.1. The highest BCUT2D eigenvalue weighted by Crippen LogP contribution is 2.25. The molecule has 0 saturated heterocycles. The maximum Gasteiger partial charge on any atom is 0.252 e. The van der Waals surface area contributed by atoms with Gasteiger partial charge in [-0.15, -0.1) is 11.3 Å². The molecule has 1 heterocycles. The van der Waals surface area contributed by atoms with Crippen molar-refractivity contribution >= 4 is 27.3 Å². The van der Waals surface area contributed by atoms with Crippen molar-refractivity contribution < 1.29 is 13.2 Å². The van der Waals surface area contributed by atoms with Crippen molar-refractivity contribution in [2.24, 2.45) is 0 Å². The molecule has 8 heteroatoms. The van der Waals surface area contributed by atoms with Gasteiger partial charge in [-0.25, -0.2) is 8.42 Å². The highest BCUT2D eigenvalue weighted by Gasteiger charge is 2.23. The van der Waals surface area contributed by atoms with Gasteiger partial charge in [-0.1, -0.05) is 13.8 Å². The number of nitrogens with zero attached hydrogens (tertiary/aromatic N) is 1. The minimum Gasteiger partial charge on any atom is -0.355 e. The maximum atomic E-state index is 12.3. The van der Waals surface area contributed by atoms with Crippen molar-refractivity contribution in [3.05, 3.63) is 17.0 Å². The van der Waals surface area contributed by atoms with Gasteiger partial charge in [0.05, 0.1) is 6.54 Å². The zero-order valence-corrected chi connectivity index (χ0v) is 14.3. The number of hydrogen-bond donors (Lipinski definition) is 2. The summed E-state index contributed by atoms with van der Waals surface area (Å²) in [5.41, 5.74) is 0. The molecule has 0 unspecified atom stereocenters. The largest absolute Gasteiger partial charge is 0.355 e. The molecule has 0 radical (unpaired) electrons. The van der Waals surface area contributed by atoms with Gasteiger partial charge in [0.25, 0.3) is 10.0 Å². The first-order valence-electron chi connectivity index (χ1n) is 6.95. The Balaban J connectivity index is 2.63. The van der Waals surface area contributed by atoms with Gasteiger partial charge in [-0.05, 0) is 25.6 Å². The second-order valence-corrected chi connectivity index (χ2v) is 7.77. The summed E-state index contributed by atoms with van der Waals surface area (Å²) in [4.78, 5) is 12.2. The third-order valence-electron chi connectivity index (χ3n) is 2.97. The van der Waals surface area contributed by atoms with E-state index < -0.39 is 10.0 Å². The molecule has 21 heavy (non-hydrogen) atoms. The summed E-state index contributed by atoms with van der Waals surface area (Å²) in [6.07, 6.45) is 0.633. The molecule has 6 nitrogen and oxygen atoms in total. The number of sulfonamides is 1. The number of rotatable bonds is 9. The minimum absolute atomic E-state index is 0.0648. The lowest BCUT2D eigenvalue weighted by atomic mass is 10.3. The molecule has 0 fully saturated rings. The van der Waals surface area contributed by atoms with Gasteiger partial charge < -0.3 is 10.6 Å². The Hall–Kier alpha value is -0.960. The van der Waals surface area contributed by atoms with Crippen molar-refractivity contribution in [3.63, 3.8) is 0 Å². The summed E-state index contributed by atoms with van der Waals surface area (Å²) in [6, 6.07) is 3.45. The van der Waals surface area contributed by atoms with Crippen molar-refractivity contribution in [1.82, 2.24) is 14.9 Å². The Labute approximate surface area is 130 Å². The normalized spacial score (nSPS) is 11.8. The topological polar surface area (TPSA) is 78.5 Å². The van der Waals surface area contributed by atoms with E-state index in [1.807, 2.05) is 19.9 Å². The Bertz CT molecular complexity index is 551. The molecule has 0 atom stereocenters. The summed E-state index contributed by atoms with van der Waals surface area (Å²) in [5.74, 6) is -0.0648. The zero-order valence-electron chi connectivity index (χ0n) is 12.7. The molecule has 0 aromatic carbocycles. The molecule has 2 N–H and O–H groups in total. The zero-order chi connectivity index (χ0) is 15.9. The van der Waals surface area contributed by atoms with E-state index in [2.05, 4.69) is 10.6 Å². The van der Waals surface area contributed by atoms with Gasteiger partial charge in [0.15, 0.2) is 0 Å². The second-order valence-electron chi connectivity index (χ2n) is 4.44. The number of carbonyl (C=O) groups excluding carboxylic acids is 1. The van der Waals surface area contributed by atoms with Crippen molar-refractivity contribution in [1.29, 1.82) is 0 Å². The molecular weight excluding hydrogens is 310 g/mol. The second kappa shape index (κ2) is 8.47. The molecule has 0 aliphatic heterocycles. The van der Waals surface area contributed by atoms with Gasteiger partial charge in [-0.3, -0.25) is 4.79 Å². The van der Waals surface area contributed by atoms with E-state index in [1.54, 1.807) is 13.1 Å². The molecule has 120 valence electrons. The minimum atomic E-state index is -3.38. The molecule has 1 rings (SSSR count). The molecule has 0 aliphatic rings. The predicted octanol–water partition coefficient (Wildman–Crippen LogP) is 0.657. The predicted molar refractivity (Wildman–Crippen MR) is 85.1 cm³/mol. The van der Waals surface area contributed by atoms with E-state index in [1.165, 1.54) is 15.6 Å². The van der Waals surface area contributed by atoms with Crippen LogP contribution in [0.3, 0.4) is 0 Å². The van der Waals surface area contributed by atoms with Crippen LogP contribution in [0.2, 0.25) is 0 Å². The Morgan fingerprint density at radius 3 is 2.52 bits per heavy atom. The van der Waals surface area contributed by atoms with Gasteiger partial charge in [0, 0.05) is 24.5 Å². The molecule has 0 bridgehead atoms. The fourth-order valence-corrected chi connectivity index (χ4v) is 4.84. The van der Waals surface area contributed by atoms with Crippen LogP contribution in [0.4, 0.5) is 0 Å². The Morgan fingerprint density at radius 1 is 1.29 bits per heavy atom. The van der Waals surface area contributed by atoms with Crippen LogP contribution in [-0.4, -0.2) is 51.9 Å². The molecule has 1 aromatic rings. The smallest absolute Gasteiger partial charge is 0.252 e. The van der Waals surface area contributed by atoms with Crippen LogP contribution < -0.4 is 10.6 Å². The average molecular weight is 333 g/mol. The highest BCUT2D eigenvalue weighted by molar-refractivity contribution is 7.91. The molecule has 0 aliphatic carbocycles. The number of amides is 1. The van der Waals surface area contributed by atoms with Crippen molar-refractivity contribution in [3.8, 4) is 0 Å². The van der Waals surface area contributed by atoms with Crippen LogP contribution >= 0.6 is 11.3 Å². The van der Waals surface area contributed by atoms with Crippen LogP contribution in [-0.2, 0) is 21.2 Å². The van der Waals surface area contributed by atoms with Gasteiger partial charge >= 0.3 is 0 Å². The quantitative estimate of drug-likeness (QED) is 0.696. The fraction of sp³-hybridized carbons (Fsp3) is 0.615. The Kier molecular flexibility index (Phi) is 7.30.